The van der Waals surface area contributed by atoms with Gasteiger partial charge in [-0.2, -0.15) is 0 Å². The van der Waals surface area contributed by atoms with Gasteiger partial charge in [0.05, 0.1) is 26.3 Å². The maximum absolute atomic E-state index is 5.04. The zero-order valence-corrected chi connectivity index (χ0v) is 10.4. The minimum absolute atomic E-state index is 0.944. The van der Waals surface area contributed by atoms with Gasteiger partial charge in [0, 0.05) is 0 Å². The highest BCUT2D eigenvalue weighted by atomic mass is 16.5. The molecule has 0 aliphatic carbocycles. The molecule has 1 fully saturated rings. The van der Waals surface area contributed by atoms with E-state index in [2.05, 4.69) is 37.7 Å². The minimum Gasteiger partial charge on any atom is -0.370 e. The molecular formula is C13H27NO. The molecule has 0 aromatic heterocycles. The van der Waals surface area contributed by atoms with Crippen molar-refractivity contribution in [3.8, 4) is 0 Å². The number of morpholine rings is 1. The number of rotatable bonds is 5. The molecule has 1 heterocycles. The average Bonchev–Trinajstić information content (AvgIpc) is 2.32. The number of allylic oxidation sites excluding steroid dienone is 2. The molecule has 0 bridgehead atoms. The molecule has 0 aromatic carbocycles. The molecule has 90 valence electrons. The Morgan fingerprint density at radius 3 is 2.40 bits per heavy atom. The van der Waals surface area contributed by atoms with Crippen molar-refractivity contribution in [1.82, 2.24) is 0 Å². The molecule has 1 saturated heterocycles. The van der Waals surface area contributed by atoms with E-state index in [0.717, 1.165) is 26.3 Å². The van der Waals surface area contributed by atoms with E-state index in [4.69, 9.17) is 4.74 Å². The van der Waals surface area contributed by atoms with Crippen LogP contribution in [0.3, 0.4) is 0 Å². The fraction of sp³-hybridized carbons (Fsp3) is 0.769. The normalized spacial score (nSPS) is 15.9. The Kier molecular flexibility index (Phi) is 13.1. The van der Waals surface area contributed by atoms with Crippen LogP contribution in [0, 0.1) is 6.42 Å². The number of nitrogens with two attached hydrogens (primary N) is 1. The lowest BCUT2D eigenvalue weighted by atomic mass is 10.1. The predicted octanol–water partition coefficient (Wildman–Crippen LogP) is 1.93. The van der Waals surface area contributed by atoms with Gasteiger partial charge in [-0.25, -0.2) is 18.6 Å². The Morgan fingerprint density at radius 2 is 2.00 bits per heavy atom. The standard InChI is InChI=1S/C9H17.C4H9NO/c1-3-5-7-9-8-6-4-2;1-3-6-4-2-5-1/h3,5,7H,4,6,8-9H2,1-2H3;5H,1-4H2/q-1;/p+1/b5-3+;. The van der Waals surface area contributed by atoms with Crippen LogP contribution in [-0.2, 0) is 4.74 Å². The molecule has 2 nitrogen and oxygen atoms in total. The molecular weight excluding hydrogens is 186 g/mol. The van der Waals surface area contributed by atoms with Crippen LogP contribution < -0.4 is 5.32 Å². The van der Waals surface area contributed by atoms with Crippen LogP contribution in [-0.4, -0.2) is 26.3 Å². The van der Waals surface area contributed by atoms with Gasteiger partial charge in [0.1, 0.15) is 0 Å². The lowest BCUT2D eigenvalue weighted by Gasteiger charge is -2.07. The topological polar surface area (TPSA) is 25.8 Å². The van der Waals surface area contributed by atoms with Crippen molar-refractivity contribution in [3.05, 3.63) is 18.6 Å². The summed E-state index contributed by atoms with van der Waals surface area (Å²) >= 11 is 0. The second kappa shape index (κ2) is 13.5. The van der Waals surface area contributed by atoms with E-state index in [9.17, 15) is 0 Å². The summed E-state index contributed by atoms with van der Waals surface area (Å²) in [6, 6.07) is 0. The highest BCUT2D eigenvalue weighted by molar-refractivity contribution is 4.91. The van der Waals surface area contributed by atoms with E-state index >= 15 is 0 Å². The Bertz CT molecular complexity index is 119. The van der Waals surface area contributed by atoms with Crippen LogP contribution in [0.5, 0.6) is 0 Å². The first kappa shape index (κ1) is 14.5. The van der Waals surface area contributed by atoms with Gasteiger partial charge in [0.15, 0.2) is 0 Å². The summed E-state index contributed by atoms with van der Waals surface area (Å²) < 4.78 is 5.04. The summed E-state index contributed by atoms with van der Waals surface area (Å²) in [6.45, 7) is 8.48. The van der Waals surface area contributed by atoms with Gasteiger partial charge in [-0.05, 0) is 0 Å². The average molecular weight is 213 g/mol. The first-order valence-electron chi connectivity index (χ1n) is 6.25. The first-order chi connectivity index (χ1) is 7.41. The van der Waals surface area contributed by atoms with E-state index in [0.29, 0.717) is 0 Å². The smallest absolute Gasteiger partial charge is 0.0993 e. The lowest BCUT2D eigenvalue weighted by Crippen LogP contribution is -2.87. The Labute approximate surface area is 95.1 Å². The Hall–Kier alpha value is -0.470. The van der Waals surface area contributed by atoms with E-state index in [1.165, 1.54) is 25.7 Å². The number of quaternary nitrogens is 1. The fourth-order valence-corrected chi connectivity index (χ4v) is 1.32. The molecule has 0 spiro atoms. The molecule has 0 radical (unpaired) electrons. The van der Waals surface area contributed by atoms with Crippen LogP contribution in [0.4, 0.5) is 0 Å². The highest BCUT2D eigenvalue weighted by Crippen LogP contribution is 2.01. The number of unbranched alkanes of at least 4 members (excludes halogenated alkanes) is 4. The summed E-state index contributed by atoms with van der Waals surface area (Å²) in [5.74, 6) is 0. The third-order valence-corrected chi connectivity index (χ3v) is 2.24. The van der Waals surface area contributed by atoms with Crippen LogP contribution in [0.25, 0.3) is 0 Å². The molecule has 1 aliphatic heterocycles. The van der Waals surface area contributed by atoms with Gasteiger partial charge in [0.25, 0.3) is 0 Å². The van der Waals surface area contributed by atoms with Crippen molar-refractivity contribution >= 4 is 0 Å². The van der Waals surface area contributed by atoms with Crippen molar-refractivity contribution in [2.24, 2.45) is 0 Å². The van der Waals surface area contributed by atoms with Gasteiger partial charge >= 0.3 is 0 Å². The second-order valence-electron chi connectivity index (χ2n) is 3.74. The zero-order chi connectivity index (χ0) is 11.2. The second-order valence-corrected chi connectivity index (χ2v) is 3.74. The maximum Gasteiger partial charge on any atom is 0.0993 e. The number of ether oxygens (including phenoxy) is 1. The van der Waals surface area contributed by atoms with Crippen molar-refractivity contribution in [2.45, 2.75) is 39.5 Å². The molecule has 1 aliphatic rings. The molecule has 0 atom stereocenters. The highest BCUT2D eigenvalue weighted by Gasteiger charge is 1.96. The quantitative estimate of drug-likeness (QED) is 0.548. The molecule has 2 heteroatoms. The summed E-state index contributed by atoms with van der Waals surface area (Å²) in [5.41, 5.74) is 0. The predicted molar refractivity (Wildman–Crippen MR) is 65.7 cm³/mol. The van der Waals surface area contributed by atoms with E-state index < -0.39 is 0 Å². The van der Waals surface area contributed by atoms with E-state index in [1.54, 1.807) is 0 Å². The molecule has 0 aromatic rings. The summed E-state index contributed by atoms with van der Waals surface area (Å²) in [7, 11) is 0. The molecule has 1 rings (SSSR count). The van der Waals surface area contributed by atoms with Gasteiger partial charge < -0.3 is 10.1 Å². The van der Waals surface area contributed by atoms with Gasteiger partial charge in [-0.1, -0.05) is 26.2 Å². The van der Waals surface area contributed by atoms with Gasteiger partial charge in [-0.3, -0.25) is 0 Å². The van der Waals surface area contributed by atoms with Gasteiger partial charge in [-0.15, -0.1) is 13.3 Å². The summed E-state index contributed by atoms with van der Waals surface area (Å²) in [4.78, 5) is 0. The molecule has 15 heavy (non-hydrogen) atoms. The Balaban J connectivity index is 0.000000280. The van der Waals surface area contributed by atoms with Crippen LogP contribution >= 0.6 is 0 Å². The largest absolute Gasteiger partial charge is 0.370 e. The van der Waals surface area contributed by atoms with Crippen molar-refractivity contribution in [1.29, 1.82) is 0 Å². The van der Waals surface area contributed by atoms with Gasteiger partial charge in [0.2, 0.25) is 0 Å². The van der Waals surface area contributed by atoms with Crippen LogP contribution in [0.2, 0.25) is 0 Å². The van der Waals surface area contributed by atoms with Crippen molar-refractivity contribution in [2.75, 3.05) is 26.3 Å². The van der Waals surface area contributed by atoms with Crippen LogP contribution in [0.15, 0.2) is 12.2 Å². The monoisotopic (exact) mass is 213 g/mol. The van der Waals surface area contributed by atoms with Crippen LogP contribution in [0.1, 0.15) is 39.5 Å². The van der Waals surface area contributed by atoms with Crippen molar-refractivity contribution in [3.63, 3.8) is 0 Å². The molecule has 0 amide bonds. The van der Waals surface area contributed by atoms with Crippen molar-refractivity contribution < 1.29 is 10.1 Å². The third-order valence-electron chi connectivity index (χ3n) is 2.24. The van der Waals surface area contributed by atoms with E-state index in [-0.39, 0.29) is 0 Å². The minimum atomic E-state index is 0.944. The molecule has 0 unspecified atom stereocenters. The molecule has 0 saturated carbocycles. The third kappa shape index (κ3) is 13.5. The van der Waals surface area contributed by atoms with E-state index in [1.807, 2.05) is 0 Å². The summed E-state index contributed by atoms with van der Waals surface area (Å²) in [6.07, 6.45) is 11.7. The number of hydrogen-bond donors (Lipinski definition) is 1. The number of hydrogen-bond acceptors (Lipinski definition) is 1. The maximum atomic E-state index is 5.04. The zero-order valence-electron chi connectivity index (χ0n) is 10.4. The SMILES string of the molecule is C/C=C/[CH-]CCCCC.C1COCC[NH2+]1. The first-order valence-corrected chi connectivity index (χ1v) is 6.25. The molecule has 2 N–H and O–H groups in total. The summed E-state index contributed by atoms with van der Waals surface area (Å²) in [5, 5.41) is 2.27. The lowest BCUT2D eigenvalue weighted by molar-refractivity contribution is -0.670. The Morgan fingerprint density at radius 1 is 1.27 bits per heavy atom. The fourth-order valence-electron chi connectivity index (χ4n) is 1.32.